The van der Waals surface area contributed by atoms with E-state index in [1.165, 1.54) is 5.56 Å². The fourth-order valence-corrected chi connectivity index (χ4v) is 3.55. The predicted molar refractivity (Wildman–Crippen MR) is 94.3 cm³/mol. The summed E-state index contributed by atoms with van der Waals surface area (Å²) >= 11 is 0. The molecule has 24 heavy (non-hydrogen) atoms. The van der Waals surface area contributed by atoms with E-state index in [2.05, 4.69) is 24.9 Å². The monoisotopic (exact) mass is 322 g/mol. The van der Waals surface area contributed by atoms with E-state index < -0.39 is 0 Å². The molecule has 0 unspecified atom stereocenters. The van der Waals surface area contributed by atoms with Gasteiger partial charge in [0.05, 0.1) is 11.8 Å². The number of phenols is 1. The molecule has 0 spiro atoms. The topological polar surface area (TPSA) is 45.1 Å². The second-order valence-corrected chi connectivity index (χ2v) is 6.96. The van der Waals surface area contributed by atoms with Crippen LogP contribution in [0.25, 0.3) is 0 Å². The van der Waals surface area contributed by atoms with Gasteiger partial charge >= 0.3 is 0 Å². The quantitative estimate of drug-likeness (QED) is 0.900. The Morgan fingerprint density at radius 1 is 1.21 bits per heavy atom. The van der Waals surface area contributed by atoms with E-state index in [-0.39, 0.29) is 18.0 Å². The number of aryl methyl sites for hydroxylation is 1. The zero-order chi connectivity index (χ0) is 16.8. The zero-order valence-corrected chi connectivity index (χ0v) is 14.2. The summed E-state index contributed by atoms with van der Waals surface area (Å²) in [6.07, 6.45) is 0.690. The molecule has 1 N–H and O–H groups in total. The third-order valence-corrected chi connectivity index (χ3v) is 4.76. The van der Waals surface area contributed by atoms with Crippen molar-refractivity contribution in [2.24, 2.45) is 11.0 Å². The Hall–Kier alpha value is -2.49. The van der Waals surface area contributed by atoms with Gasteiger partial charge in [-0.1, -0.05) is 43.7 Å². The molecule has 2 heterocycles. The van der Waals surface area contributed by atoms with Crippen molar-refractivity contribution in [2.75, 3.05) is 0 Å². The van der Waals surface area contributed by atoms with Gasteiger partial charge in [-0.2, -0.15) is 5.10 Å². The van der Waals surface area contributed by atoms with E-state index in [0.717, 1.165) is 29.0 Å². The first-order valence-corrected chi connectivity index (χ1v) is 8.46. The van der Waals surface area contributed by atoms with Crippen LogP contribution < -0.4 is 4.74 Å². The summed E-state index contributed by atoms with van der Waals surface area (Å²) in [4.78, 5) is 0. The van der Waals surface area contributed by atoms with Crippen molar-refractivity contribution in [1.82, 2.24) is 5.01 Å². The minimum absolute atomic E-state index is 0.0886. The van der Waals surface area contributed by atoms with Crippen LogP contribution in [0.4, 0.5) is 0 Å². The van der Waals surface area contributed by atoms with Crippen LogP contribution in [-0.2, 0) is 0 Å². The molecule has 0 amide bonds. The Morgan fingerprint density at radius 2 is 2.00 bits per heavy atom. The van der Waals surface area contributed by atoms with E-state index in [0.29, 0.717) is 5.92 Å². The Balaban J connectivity index is 1.78. The normalized spacial score (nSPS) is 22.0. The molecule has 0 radical (unpaired) electrons. The van der Waals surface area contributed by atoms with Gasteiger partial charge < -0.3 is 9.84 Å². The lowest BCUT2D eigenvalue weighted by molar-refractivity contribution is -0.0461. The average molecular weight is 322 g/mol. The average Bonchev–Trinajstić information content (AvgIpc) is 3.01. The number of hydrogen-bond donors (Lipinski definition) is 1. The SMILES string of the molecule is Cc1ccc(O)c(C2=NN3[C@@H](C2)c2ccccc2O[C@H]3C(C)C)c1. The van der Waals surface area contributed by atoms with Crippen molar-refractivity contribution in [3.05, 3.63) is 59.2 Å². The molecule has 4 heteroatoms. The Bertz CT molecular complexity index is 813. The number of nitrogens with zero attached hydrogens (tertiary/aromatic N) is 2. The van der Waals surface area contributed by atoms with Crippen LogP contribution in [0.15, 0.2) is 47.6 Å². The lowest BCUT2D eigenvalue weighted by atomic mass is 9.95. The molecule has 0 saturated heterocycles. The van der Waals surface area contributed by atoms with Gasteiger partial charge in [0.1, 0.15) is 11.5 Å². The molecule has 2 aromatic carbocycles. The summed E-state index contributed by atoms with van der Waals surface area (Å²) in [5, 5.41) is 17.2. The summed E-state index contributed by atoms with van der Waals surface area (Å²) < 4.78 is 6.20. The molecular formula is C20H22N2O2. The van der Waals surface area contributed by atoms with Crippen molar-refractivity contribution in [3.8, 4) is 11.5 Å². The van der Waals surface area contributed by atoms with Crippen LogP contribution in [0, 0.1) is 12.8 Å². The van der Waals surface area contributed by atoms with E-state index in [1.807, 2.05) is 37.3 Å². The van der Waals surface area contributed by atoms with E-state index in [4.69, 9.17) is 9.84 Å². The largest absolute Gasteiger partial charge is 0.507 e. The maximum Gasteiger partial charge on any atom is 0.190 e. The molecular weight excluding hydrogens is 300 g/mol. The number of para-hydroxylation sites is 1. The summed E-state index contributed by atoms with van der Waals surface area (Å²) in [5.41, 5.74) is 4.03. The number of benzene rings is 2. The maximum atomic E-state index is 10.3. The highest BCUT2D eigenvalue weighted by molar-refractivity contribution is 6.04. The molecule has 0 fully saturated rings. The van der Waals surface area contributed by atoms with Gasteiger partial charge in [-0.25, -0.2) is 5.01 Å². The molecule has 2 atom stereocenters. The lowest BCUT2D eigenvalue weighted by Crippen LogP contribution is -2.43. The summed E-state index contributed by atoms with van der Waals surface area (Å²) in [7, 11) is 0. The Labute approximate surface area is 142 Å². The zero-order valence-electron chi connectivity index (χ0n) is 14.2. The van der Waals surface area contributed by atoms with Gasteiger partial charge in [0.2, 0.25) is 0 Å². The number of hydrazone groups is 1. The first kappa shape index (κ1) is 15.1. The molecule has 2 aromatic rings. The minimum Gasteiger partial charge on any atom is -0.507 e. The molecule has 0 bridgehead atoms. The maximum absolute atomic E-state index is 10.3. The van der Waals surface area contributed by atoms with Crippen LogP contribution in [0.5, 0.6) is 11.5 Å². The van der Waals surface area contributed by atoms with E-state index >= 15 is 0 Å². The highest BCUT2D eigenvalue weighted by Gasteiger charge is 2.41. The number of hydrogen-bond acceptors (Lipinski definition) is 4. The highest BCUT2D eigenvalue weighted by Crippen LogP contribution is 2.44. The molecule has 0 saturated carbocycles. The van der Waals surface area contributed by atoms with Gasteiger partial charge in [-0.3, -0.25) is 0 Å². The van der Waals surface area contributed by atoms with Gasteiger partial charge in [-0.05, 0) is 25.1 Å². The van der Waals surface area contributed by atoms with Gasteiger partial charge in [0.15, 0.2) is 6.23 Å². The Morgan fingerprint density at radius 3 is 2.79 bits per heavy atom. The minimum atomic E-state index is -0.0886. The molecule has 0 aliphatic carbocycles. The first-order chi connectivity index (χ1) is 11.5. The Kier molecular flexibility index (Phi) is 3.48. The molecule has 2 aliphatic rings. The molecule has 4 nitrogen and oxygen atoms in total. The second kappa shape index (κ2) is 5.55. The fourth-order valence-electron chi connectivity index (χ4n) is 3.55. The number of aromatic hydroxyl groups is 1. The molecule has 0 aromatic heterocycles. The molecule has 124 valence electrons. The highest BCUT2D eigenvalue weighted by atomic mass is 16.5. The van der Waals surface area contributed by atoms with Crippen LogP contribution in [0.3, 0.4) is 0 Å². The standard InChI is InChI=1S/C20H22N2O2/c1-12(2)20-22-17(14-6-4-5-7-19(14)24-20)11-16(21-22)15-10-13(3)8-9-18(15)23/h4-10,12,17,20,23H,11H2,1-3H3/t17-,20-/m0/s1. The third-order valence-electron chi connectivity index (χ3n) is 4.76. The lowest BCUT2D eigenvalue weighted by Gasteiger charge is -2.39. The van der Waals surface area contributed by atoms with Crippen LogP contribution in [0.2, 0.25) is 0 Å². The molecule has 2 aliphatic heterocycles. The van der Waals surface area contributed by atoms with Crippen molar-refractivity contribution in [2.45, 2.75) is 39.5 Å². The smallest absolute Gasteiger partial charge is 0.190 e. The third kappa shape index (κ3) is 2.33. The first-order valence-electron chi connectivity index (χ1n) is 8.46. The van der Waals surface area contributed by atoms with Crippen molar-refractivity contribution >= 4 is 5.71 Å². The van der Waals surface area contributed by atoms with E-state index in [1.54, 1.807) is 6.07 Å². The van der Waals surface area contributed by atoms with Crippen LogP contribution >= 0.6 is 0 Å². The van der Waals surface area contributed by atoms with Gasteiger partial charge in [-0.15, -0.1) is 0 Å². The van der Waals surface area contributed by atoms with Crippen LogP contribution in [-0.4, -0.2) is 22.1 Å². The number of rotatable bonds is 2. The van der Waals surface area contributed by atoms with Crippen LogP contribution in [0.1, 0.15) is 43.0 Å². The second-order valence-electron chi connectivity index (χ2n) is 6.96. The van der Waals surface area contributed by atoms with Crippen molar-refractivity contribution in [3.63, 3.8) is 0 Å². The summed E-state index contributed by atoms with van der Waals surface area (Å²) in [6.45, 7) is 6.32. The number of ether oxygens (including phenoxy) is 1. The van der Waals surface area contributed by atoms with E-state index in [9.17, 15) is 5.11 Å². The fraction of sp³-hybridized carbons (Fsp3) is 0.350. The molecule has 4 rings (SSSR count). The summed E-state index contributed by atoms with van der Waals surface area (Å²) in [5.74, 6) is 1.55. The van der Waals surface area contributed by atoms with Crippen molar-refractivity contribution < 1.29 is 9.84 Å². The predicted octanol–water partition coefficient (Wildman–Crippen LogP) is 4.23. The number of fused-ring (bicyclic) bond motifs is 3. The number of phenolic OH excluding ortho intramolecular Hbond substituents is 1. The van der Waals surface area contributed by atoms with Gasteiger partial charge in [0.25, 0.3) is 0 Å². The van der Waals surface area contributed by atoms with Gasteiger partial charge in [0, 0.05) is 23.5 Å². The van der Waals surface area contributed by atoms with Crippen molar-refractivity contribution in [1.29, 1.82) is 0 Å². The summed E-state index contributed by atoms with van der Waals surface area (Å²) in [6, 6.07) is 14.0.